The Morgan fingerprint density at radius 3 is 2.76 bits per heavy atom. The van der Waals surface area contributed by atoms with Crippen LogP contribution in [0.15, 0.2) is 20.0 Å². The van der Waals surface area contributed by atoms with Gasteiger partial charge >= 0.3 is 0 Å². The molecule has 21 heavy (non-hydrogen) atoms. The van der Waals surface area contributed by atoms with E-state index in [-0.39, 0.29) is 9.56 Å². The summed E-state index contributed by atoms with van der Waals surface area (Å²) >= 11 is 3.16. The van der Waals surface area contributed by atoms with Crippen molar-refractivity contribution in [3.8, 4) is 0 Å². The molecule has 0 aliphatic rings. The Morgan fingerprint density at radius 2 is 2.14 bits per heavy atom. The van der Waals surface area contributed by atoms with Crippen LogP contribution in [0.25, 0.3) is 0 Å². The number of nitrogens with one attached hydrogen (secondary N) is 2. The Hall–Kier alpha value is -0.410. The summed E-state index contributed by atoms with van der Waals surface area (Å²) < 4.78 is 37.7. The Bertz CT molecular complexity index is 528. The van der Waals surface area contributed by atoms with Gasteiger partial charge in [0.25, 0.3) is 0 Å². The number of hydrogen-bond donors (Lipinski definition) is 2. The molecule has 6 nitrogen and oxygen atoms in total. The molecule has 0 amide bonds. The number of sulfonamides is 1. The molecule has 8 heteroatoms. The van der Waals surface area contributed by atoms with Crippen LogP contribution in [0.4, 0.5) is 0 Å². The number of rotatable bonds is 10. The lowest BCUT2D eigenvalue weighted by Crippen LogP contribution is -2.25. The largest absolute Gasteiger partial charge is 0.452 e. The van der Waals surface area contributed by atoms with Crippen molar-refractivity contribution in [2.24, 2.45) is 0 Å². The van der Waals surface area contributed by atoms with E-state index in [0.717, 1.165) is 0 Å². The molecule has 1 aromatic heterocycles. The van der Waals surface area contributed by atoms with Crippen LogP contribution in [-0.2, 0) is 21.3 Å². The summed E-state index contributed by atoms with van der Waals surface area (Å²) in [7, 11) is -3.57. The zero-order chi connectivity index (χ0) is 15.9. The van der Waals surface area contributed by atoms with E-state index in [9.17, 15) is 8.42 Å². The average Bonchev–Trinajstić information content (AvgIpc) is 2.78. The molecule has 0 fully saturated rings. The van der Waals surface area contributed by atoms with Crippen molar-refractivity contribution in [3.05, 3.63) is 16.5 Å². The zero-order valence-corrected chi connectivity index (χ0v) is 15.0. The van der Waals surface area contributed by atoms with Crippen LogP contribution in [0, 0.1) is 0 Å². The van der Waals surface area contributed by atoms with Crippen molar-refractivity contribution >= 4 is 26.0 Å². The summed E-state index contributed by atoms with van der Waals surface area (Å²) in [5, 5.41) is 3.17. The minimum Gasteiger partial charge on any atom is -0.452 e. The van der Waals surface area contributed by atoms with E-state index in [0.29, 0.717) is 44.5 Å². The predicted molar refractivity (Wildman–Crippen MR) is 84.7 cm³/mol. The maximum atomic E-state index is 12.2. The lowest BCUT2D eigenvalue weighted by atomic mass is 10.3. The van der Waals surface area contributed by atoms with Gasteiger partial charge < -0.3 is 14.5 Å². The molecule has 1 rings (SSSR count). The van der Waals surface area contributed by atoms with Crippen LogP contribution < -0.4 is 10.0 Å². The van der Waals surface area contributed by atoms with Gasteiger partial charge in [0.05, 0.1) is 6.54 Å². The minimum atomic E-state index is -3.57. The topological polar surface area (TPSA) is 80.6 Å². The van der Waals surface area contributed by atoms with Crippen LogP contribution in [0.5, 0.6) is 0 Å². The van der Waals surface area contributed by atoms with Crippen LogP contribution >= 0.6 is 15.9 Å². The van der Waals surface area contributed by atoms with E-state index < -0.39 is 10.0 Å². The zero-order valence-electron chi connectivity index (χ0n) is 12.6. The first kappa shape index (κ1) is 18.6. The first-order valence-electron chi connectivity index (χ1n) is 6.95. The molecule has 0 spiro atoms. The lowest BCUT2D eigenvalue weighted by molar-refractivity contribution is 0.146. The van der Waals surface area contributed by atoms with Crippen molar-refractivity contribution in [2.75, 3.05) is 19.8 Å². The molecule has 0 radical (unpaired) electrons. The van der Waals surface area contributed by atoms with Gasteiger partial charge in [-0.2, -0.15) is 0 Å². The molecule has 0 atom stereocenters. The molecule has 0 aliphatic carbocycles. The van der Waals surface area contributed by atoms with Gasteiger partial charge in [-0.3, -0.25) is 0 Å². The maximum Gasteiger partial charge on any atom is 0.244 e. The molecular formula is C13H23BrN2O4S. The highest BCUT2D eigenvalue weighted by Gasteiger charge is 2.22. The van der Waals surface area contributed by atoms with Crippen LogP contribution in [0.3, 0.4) is 0 Å². The van der Waals surface area contributed by atoms with Crippen molar-refractivity contribution in [1.82, 2.24) is 10.0 Å². The fourth-order valence-electron chi connectivity index (χ4n) is 1.58. The third-order valence-electron chi connectivity index (χ3n) is 2.64. The normalized spacial score (nSPS) is 12.2. The van der Waals surface area contributed by atoms with Crippen molar-refractivity contribution in [1.29, 1.82) is 0 Å². The quantitative estimate of drug-likeness (QED) is 0.606. The highest BCUT2D eigenvalue weighted by molar-refractivity contribution is 9.10. The second-order valence-corrected chi connectivity index (χ2v) is 7.29. The predicted octanol–water partition coefficient (Wildman–Crippen LogP) is 2.25. The van der Waals surface area contributed by atoms with E-state index in [1.165, 1.54) is 6.07 Å². The molecule has 0 bridgehead atoms. The summed E-state index contributed by atoms with van der Waals surface area (Å²) in [6.45, 7) is 7.90. The second kappa shape index (κ2) is 8.89. The third kappa shape index (κ3) is 6.48. The molecule has 0 aromatic carbocycles. The van der Waals surface area contributed by atoms with Crippen LogP contribution in [-0.4, -0.2) is 34.2 Å². The fraction of sp³-hybridized carbons (Fsp3) is 0.692. The number of hydrogen-bond acceptors (Lipinski definition) is 5. The Labute approximate surface area is 134 Å². The molecule has 0 saturated heterocycles. The average molecular weight is 383 g/mol. The molecule has 2 N–H and O–H groups in total. The maximum absolute atomic E-state index is 12.2. The number of ether oxygens (including phenoxy) is 1. The SMILES string of the molecule is CCOCCCNS(=O)(=O)c1cc(CNC(C)C)oc1Br. The van der Waals surface area contributed by atoms with Gasteiger partial charge in [-0.1, -0.05) is 13.8 Å². The summed E-state index contributed by atoms with van der Waals surface area (Å²) in [6, 6.07) is 1.83. The van der Waals surface area contributed by atoms with Crippen LogP contribution in [0.2, 0.25) is 0 Å². The van der Waals surface area contributed by atoms with Gasteiger partial charge in [-0.05, 0) is 29.3 Å². The van der Waals surface area contributed by atoms with E-state index >= 15 is 0 Å². The molecule has 0 saturated carbocycles. The summed E-state index contributed by atoms with van der Waals surface area (Å²) in [5.41, 5.74) is 0. The first-order chi connectivity index (χ1) is 9.86. The molecule has 0 unspecified atom stereocenters. The number of halogens is 1. The van der Waals surface area contributed by atoms with E-state index in [4.69, 9.17) is 9.15 Å². The van der Waals surface area contributed by atoms with Gasteiger partial charge in [0.2, 0.25) is 10.0 Å². The van der Waals surface area contributed by atoms with E-state index in [1.54, 1.807) is 0 Å². The highest BCUT2D eigenvalue weighted by Crippen LogP contribution is 2.26. The standard InChI is InChI=1S/C13H23BrN2O4S/c1-4-19-7-5-6-16-21(17,18)12-8-11(20-13(12)14)9-15-10(2)3/h8,10,15-16H,4-7,9H2,1-3H3. The van der Waals surface area contributed by atoms with Crippen molar-refractivity contribution in [3.63, 3.8) is 0 Å². The Kier molecular flexibility index (Phi) is 7.89. The lowest BCUT2D eigenvalue weighted by Gasteiger charge is -2.05. The van der Waals surface area contributed by atoms with Gasteiger partial charge in [0, 0.05) is 31.9 Å². The third-order valence-corrected chi connectivity index (χ3v) is 4.96. The van der Waals surface area contributed by atoms with E-state index in [2.05, 4.69) is 26.0 Å². The van der Waals surface area contributed by atoms with Gasteiger partial charge in [-0.15, -0.1) is 0 Å². The monoisotopic (exact) mass is 382 g/mol. The van der Waals surface area contributed by atoms with E-state index in [1.807, 2.05) is 20.8 Å². The smallest absolute Gasteiger partial charge is 0.244 e. The summed E-state index contributed by atoms with van der Waals surface area (Å²) in [5.74, 6) is 0.574. The molecule has 1 aromatic rings. The number of furan rings is 1. The Morgan fingerprint density at radius 1 is 1.43 bits per heavy atom. The minimum absolute atomic E-state index is 0.125. The summed E-state index contributed by atoms with van der Waals surface area (Å²) in [6.07, 6.45) is 0.629. The van der Waals surface area contributed by atoms with Gasteiger partial charge in [-0.25, -0.2) is 13.1 Å². The molecule has 1 heterocycles. The molecular weight excluding hydrogens is 360 g/mol. The van der Waals surface area contributed by atoms with Gasteiger partial charge in [0.15, 0.2) is 4.67 Å². The van der Waals surface area contributed by atoms with Crippen molar-refractivity contribution < 1.29 is 17.6 Å². The summed E-state index contributed by atoms with van der Waals surface area (Å²) in [4.78, 5) is 0.125. The molecule has 122 valence electrons. The Balaban J connectivity index is 2.61. The highest BCUT2D eigenvalue weighted by atomic mass is 79.9. The molecule has 0 aliphatic heterocycles. The van der Waals surface area contributed by atoms with Gasteiger partial charge in [0.1, 0.15) is 10.7 Å². The van der Waals surface area contributed by atoms with Crippen LogP contribution in [0.1, 0.15) is 33.0 Å². The second-order valence-electron chi connectivity index (χ2n) is 4.83. The fourth-order valence-corrected chi connectivity index (χ4v) is 3.65. The first-order valence-corrected chi connectivity index (χ1v) is 9.23. The van der Waals surface area contributed by atoms with Crippen molar-refractivity contribution in [2.45, 2.75) is 44.7 Å².